The molecule has 6 nitrogen and oxygen atoms in total. The highest BCUT2D eigenvalue weighted by Crippen LogP contribution is 2.01. The topological polar surface area (TPSA) is 92.3 Å². The van der Waals surface area contributed by atoms with Crippen LogP contribution in [0.5, 0.6) is 0 Å². The van der Waals surface area contributed by atoms with E-state index in [2.05, 4.69) is 10.6 Å². The zero-order valence-corrected chi connectivity index (χ0v) is 12.4. The van der Waals surface area contributed by atoms with Crippen molar-refractivity contribution < 1.29 is 22.4 Å². The highest BCUT2D eigenvalue weighted by molar-refractivity contribution is 7.90. The Bertz CT molecular complexity index is 599. The van der Waals surface area contributed by atoms with Crippen LogP contribution in [0.3, 0.4) is 0 Å². The highest BCUT2D eigenvalue weighted by atomic mass is 32.2. The number of hydrogen-bond donors (Lipinski definition) is 2. The largest absolute Gasteiger partial charge is 0.355 e. The maximum absolute atomic E-state index is 12.7. The average Bonchev–Trinajstić information content (AvgIpc) is 2.41. The molecule has 0 aliphatic heterocycles. The second kappa shape index (κ2) is 7.72. The molecule has 0 fully saturated rings. The second-order valence-corrected chi connectivity index (χ2v) is 6.78. The van der Waals surface area contributed by atoms with Gasteiger partial charge in [0.1, 0.15) is 15.7 Å². The summed E-state index contributed by atoms with van der Waals surface area (Å²) < 4.78 is 34.4. The lowest BCUT2D eigenvalue weighted by molar-refractivity contribution is -0.120. The molecular weight excluding hydrogens is 299 g/mol. The van der Waals surface area contributed by atoms with Crippen molar-refractivity contribution in [3.8, 4) is 0 Å². The molecule has 1 aromatic rings. The van der Waals surface area contributed by atoms with Crippen LogP contribution in [0, 0.1) is 5.82 Å². The van der Waals surface area contributed by atoms with E-state index in [1.165, 1.54) is 12.1 Å². The molecule has 0 unspecified atom stereocenters. The number of sulfone groups is 1. The van der Waals surface area contributed by atoms with Crippen molar-refractivity contribution in [3.05, 3.63) is 35.6 Å². The summed E-state index contributed by atoms with van der Waals surface area (Å²) in [5.41, 5.74) is 0.251. The Morgan fingerprint density at radius 3 is 2.33 bits per heavy atom. The van der Waals surface area contributed by atoms with Crippen LogP contribution >= 0.6 is 0 Å². The molecule has 0 bridgehead atoms. The van der Waals surface area contributed by atoms with Crippen molar-refractivity contribution in [2.75, 3.05) is 25.1 Å². The minimum atomic E-state index is -3.04. The molecule has 0 aliphatic rings. The number of benzene rings is 1. The summed E-state index contributed by atoms with van der Waals surface area (Å²) in [5.74, 6) is -1.36. The van der Waals surface area contributed by atoms with Gasteiger partial charge in [-0.2, -0.15) is 0 Å². The lowest BCUT2D eigenvalue weighted by atomic mass is 10.2. The van der Waals surface area contributed by atoms with Crippen molar-refractivity contribution in [2.45, 2.75) is 6.42 Å². The number of carbonyl (C=O) groups is 2. The molecule has 0 saturated carbocycles. The van der Waals surface area contributed by atoms with E-state index < -0.39 is 27.5 Å². The SMILES string of the molecule is CS(=O)(=O)CCCNC(=O)CNC(=O)c1ccc(F)cc1. The molecule has 1 aromatic carbocycles. The fourth-order valence-electron chi connectivity index (χ4n) is 1.49. The van der Waals surface area contributed by atoms with Gasteiger partial charge in [0.2, 0.25) is 5.91 Å². The zero-order chi connectivity index (χ0) is 15.9. The maximum atomic E-state index is 12.7. The summed E-state index contributed by atoms with van der Waals surface area (Å²) in [6, 6.07) is 4.93. The van der Waals surface area contributed by atoms with E-state index in [4.69, 9.17) is 0 Å². The van der Waals surface area contributed by atoms with Crippen molar-refractivity contribution in [1.29, 1.82) is 0 Å². The molecule has 0 radical (unpaired) electrons. The first kappa shape index (κ1) is 17.1. The average molecular weight is 316 g/mol. The quantitative estimate of drug-likeness (QED) is 0.698. The van der Waals surface area contributed by atoms with Crippen LogP contribution < -0.4 is 10.6 Å². The first-order valence-electron chi connectivity index (χ1n) is 6.26. The summed E-state index contributed by atoms with van der Waals surface area (Å²) in [6.07, 6.45) is 1.44. The fourth-order valence-corrected chi connectivity index (χ4v) is 2.16. The fraction of sp³-hybridized carbons (Fsp3) is 0.385. The molecule has 0 atom stereocenters. The smallest absolute Gasteiger partial charge is 0.251 e. The van der Waals surface area contributed by atoms with Gasteiger partial charge in [-0.25, -0.2) is 12.8 Å². The molecule has 0 aromatic heterocycles. The molecule has 2 N–H and O–H groups in total. The van der Waals surface area contributed by atoms with E-state index in [1.807, 2.05) is 0 Å². The summed E-state index contributed by atoms with van der Waals surface area (Å²) in [5, 5.41) is 4.88. The van der Waals surface area contributed by atoms with Gasteiger partial charge in [0, 0.05) is 18.4 Å². The number of rotatable bonds is 7. The van der Waals surface area contributed by atoms with Gasteiger partial charge in [-0.3, -0.25) is 9.59 Å². The minimum Gasteiger partial charge on any atom is -0.355 e. The van der Waals surface area contributed by atoms with Crippen LogP contribution in [-0.4, -0.2) is 45.3 Å². The minimum absolute atomic E-state index is 0.00474. The number of hydrogen-bond acceptors (Lipinski definition) is 4. The summed E-state index contributed by atoms with van der Waals surface area (Å²) >= 11 is 0. The van der Waals surface area contributed by atoms with E-state index >= 15 is 0 Å². The van der Waals surface area contributed by atoms with Gasteiger partial charge in [-0.05, 0) is 30.7 Å². The zero-order valence-electron chi connectivity index (χ0n) is 11.6. The van der Waals surface area contributed by atoms with Crippen molar-refractivity contribution >= 4 is 21.7 Å². The predicted octanol–water partition coefficient (Wildman–Crippen LogP) is 0.106. The Hall–Kier alpha value is -1.96. The van der Waals surface area contributed by atoms with E-state index in [-0.39, 0.29) is 24.4 Å². The molecular formula is C13H17FN2O4S. The molecule has 0 heterocycles. The number of halogens is 1. The monoisotopic (exact) mass is 316 g/mol. The highest BCUT2D eigenvalue weighted by Gasteiger charge is 2.08. The van der Waals surface area contributed by atoms with E-state index in [0.29, 0.717) is 6.42 Å². The van der Waals surface area contributed by atoms with E-state index in [9.17, 15) is 22.4 Å². The van der Waals surface area contributed by atoms with Crippen LogP contribution in [0.2, 0.25) is 0 Å². The summed E-state index contributed by atoms with van der Waals surface area (Å²) in [7, 11) is -3.04. The predicted molar refractivity (Wildman–Crippen MR) is 76.1 cm³/mol. The summed E-state index contributed by atoms with van der Waals surface area (Å²) in [4.78, 5) is 23.1. The number of amides is 2. The third-order valence-corrected chi connectivity index (χ3v) is 3.56. The van der Waals surface area contributed by atoms with E-state index in [0.717, 1.165) is 18.4 Å². The van der Waals surface area contributed by atoms with Gasteiger partial charge >= 0.3 is 0 Å². The number of carbonyl (C=O) groups excluding carboxylic acids is 2. The van der Waals surface area contributed by atoms with Gasteiger partial charge < -0.3 is 10.6 Å². The molecule has 0 spiro atoms. The van der Waals surface area contributed by atoms with Gasteiger partial charge in [-0.15, -0.1) is 0 Å². The lowest BCUT2D eigenvalue weighted by Gasteiger charge is -2.06. The molecule has 21 heavy (non-hydrogen) atoms. The Morgan fingerprint density at radius 1 is 1.14 bits per heavy atom. The standard InChI is InChI=1S/C13H17FN2O4S/c1-21(19,20)8-2-7-15-12(17)9-16-13(18)10-3-5-11(14)6-4-10/h3-6H,2,7-9H2,1H3,(H,15,17)(H,16,18). The third kappa shape index (κ3) is 7.40. The molecule has 8 heteroatoms. The van der Waals surface area contributed by atoms with Crippen molar-refractivity contribution in [3.63, 3.8) is 0 Å². The second-order valence-electron chi connectivity index (χ2n) is 4.52. The molecule has 0 saturated heterocycles. The van der Waals surface area contributed by atoms with E-state index in [1.54, 1.807) is 0 Å². The third-order valence-electron chi connectivity index (χ3n) is 2.53. The van der Waals surface area contributed by atoms with Gasteiger partial charge in [0.15, 0.2) is 0 Å². The first-order chi connectivity index (χ1) is 9.78. The Kier molecular flexibility index (Phi) is 6.29. The Balaban J connectivity index is 2.26. The van der Waals surface area contributed by atoms with Crippen molar-refractivity contribution in [1.82, 2.24) is 10.6 Å². The van der Waals surface area contributed by atoms with Gasteiger partial charge in [-0.1, -0.05) is 0 Å². The lowest BCUT2D eigenvalue weighted by Crippen LogP contribution is -2.37. The van der Waals surface area contributed by atoms with Gasteiger partial charge in [0.25, 0.3) is 5.91 Å². The first-order valence-corrected chi connectivity index (χ1v) is 8.32. The van der Waals surface area contributed by atoms with Gasteiger partial charge in [0.05, 0.1) is 12.3 Å². The van der Waals surface area contributed by atoms with Crippen LogP contribution in [0.4, 0.5) is 4.39 Å². The maximum Gasteiger partial charge on any atom is 0.251 e. The molecule has 1 rings (SSSR count). The Morgan fingerprint density at radius 2 is 1.76 bits per heavy atom. The van der Waals surface area contributed by atoms with Crippen LogP contribution in [0.1, 0.15) is 16.8 Å². The van der Waals surface area contributed by atoms with Crippen LogP contribution in [0.15, 0.2) is 24.3 Å². The van der Waals surface area contributed by atoms with Crippen LogP contribution in [0.25, 0.3) is 0 Å². The Labute approximate surface area is 122 Å². The van der Waals surface area contributed by atoms with Crippen LogP contribution in [-0.2, 0) is 14.6 Å². The normalized spacial score (nSPS) is 11.0. The number of nitrogens with one attached hydrogen (secondary N) is 2. The molecule has 2 amide bonds. The molecule has 116 valence electrons. The summed E-state index contributed by atoms with van der Waals surface area (Å²) in [6.45, 7) is -0.00654. The molecule has 0 aliphatic carbocycles. The van der Waals surface area contributed by atoms with Crippen molar-refractivity contribution in [2.24, 2.45) is 0 Å².